The summed E-state index contributed by atoms with van der Waals surface area (Å²) in [5.74, 6) is 2.21. The molecule has 0 aliphatic carbocycles. The Hall–Kier alpha value is -3.60. The fourth-order valence-corrected chi connectivity index (χ4v) is 4.10. The summed E-state index contributed by atoms with van der Waals surface area (Å²) in [5, 5.41) is 3.10. The minimum atomic E-state index is -0.212. The summed E-state index contributed by atoms with van der Waals surface area (Å²) in [6.07, 6.45) is 1.89. The molecule has 0 bridgehead atoms. The van der Waals surface area contributed by atoms with Crippen LogP contribution in [0.25, 0.3) is 11.0 Å². The standard InChI is InChI=1S/C29H33N3O2/c1-21(2)23-15-17-25(18-16-23)34-20-10-9-19-32-27-14-8-7-13-26(27)31-28(32)22(3)30-29(33)24-11-5-4-6-12-24/h4-8,11-18,21-22H,9-10,19-20H2,1-3H3,(H,30,33). The van der Waals surface area contributed by atoms with Gasteiger partial charge in [-0.05, 0) is 67.6 Å². The molecule has 0 saturated carbocycles. The third-order valence-corrected chi connectivity index (χ3v) is 6.05. The van der Waals surface area contributed by atoms with Crippen LogP contribution >= 0.6 is 0 Å². The zero-order valence-corrected chi connectivity index (χ0v) is 20.2. The SMILES string of the molecule is CC(C)c1ccc(OCCCCn2c(C(C)NC(=O)c3ccccc3)nc3ccccc32)cc1. The summed E-state index contributed by atoms with van der Waals surface area (Å²) in [4.78, 5) is 17.5. The Bertz CT molecular complexity index is 1210. The second kappa shape index (κ2) is 11.0. The van der Waals surface area contributed by atoms with Gasteiger partial charge >= 0.3 is 0 Å². The highest BCUT2D eigenvalue weighted by Gasteiger charge is 2.18. The van der Waals surface area contributed by atoms with Gasteiger partial charge in [-0.15, -0.1) is 0 Å². The molecule has 0 spiro atoms. The number of unbranched alkanes of at least 4 members (excludes halogenated alkanes) is 1. The average molecular weight is 456 g/mol. The number of nitrogens with zero attached hydrogens (tertiary/aromatic N) is 2. The van der Waals surface area contributed by atoms with Crippen molar-refractivity contribution in [3.8, 4) is 5.75 Å². The van der Waals surface area contributed by atoms with Gasteiger partial charge in [0.1, 0.15) is 11.6 Å². The number of aromatic nitrogens is 2. The van der Waals surface area contributed by atoms with E-state index in [1.54, 1.807) is 0 Å². The third-order valence-electron chi connectivity index (χ3n) is 6.05. The zero-order valence-electron chi connectivity index (χ0n) is 20.2. The lowest BCUT2D eigenvalue weighted by Gasteiger charge is -2.16. The molecule has 5 heteroatoms. The Morgan fingerprint density at radius 2 is 1.62 bits per heavy atom. The van der Waals surface area contributed by atoms with E-state index < -0.39 is 0 Å². The molecule has 1 aromatic heterocycles. The molecule has 1 amide bonds. The number of aryl methyl sites for hydroxylation is 1. The van der Waals surface area contributed by atoms with Crippen LogP contribution in [-0.4, -0.2) is 22.1 Å². The molecule has 0 aliphatic rings. The molecule has 0 fully saturated rings. The summed E-state index contributed by atoms with van der Waals surface area (Å²) >= 11 is 0. The minimum absolute atomic E-state index is 0.0939. The number of hydrogen-bond acceptors (Lipinski definition) is 3. The van der Waals surface area contributed by atoms with Crippen molar-refractivity contribution in [2.24, 2.45) is 0 Å². The van der Waals surface area contributed by atoms with Crippen molar-refractivity contribution in [3.05, 3.63) is 95.8 Å². The van der Waals surface area contributed by atoms with Crippen LogP contribution in [0.5, 0.6) is 5.75 Å². The van der Waals surface area contributed by atoms with Crippen molar-refractivity contribution < 1.29 is 9.53 Å². The quantitative estimate of drug-likeness (QED) is 0.277. The van der Waals surface area contributed by atoms with Gasteiger partial charge in [0.2, 0.25) is 0 Å². The maximum atomic E-state index is 12.7. The Balaban J connectivity index is 1.38. The van der Waals surface area contributed by atoms with E-state index in [1.807, 2.05) is 67.6 Å². The summed E-state index contributed by atoms with van der Waals surface area (Å²) in [6.45, 7) is 7.86. The molecular formula is C29H33N3O2. The largest absolute Gasteiger partial charge is 0.494 e. The first-order chi connectivity index (χ1) is 16.5. The van der Waals surface area contributed by atoms with Crippen LogP contribution in [0.4, 0.5) is 0 Å². The van der Waals surface area contributed by atoms with Crippen molar-refractivity contribution >= 4 is 16.9 Å². The molecule has 4 aromatic rings. The highest BCUT2D eigenvalue weighted by atomic mass is 16.5. The minimum Gasteiger partial charge on any atom is -0.494 e. The van der Waals surface area contributed by atoms with Gasteiger partial charge in [0.05, 0.1) is 23.7 Å². The maximum absolute atomic E-state index is 12.7. The number of hydrogen-bond donors (Lipinski definition) is 1. The van der Waals surface area contributed by atoms with Crippen molar-refractivity contribution in [3.63, 3.8) is 0 Å². The number of carbonyl (C=O) groups is 1. The topological polar surface area (TPSA) is 56.1 Å². The number of benzene rings is 3. The molecule has 0 saturated heterocycles. The van der Waals surface area contributed by atoms with E-state index in [0.717, 1.165) is 42.0 Å². The molecule has 0 radical (unpaired) electrons. The number of ether oxygens (including phenoxy) is 1. The predicted molar refractivity (Wildman–Crippen MR) is 137 cm³/mol. The van der Waals surface area contributed by atoms with Crippen LogP contribution in [0.15, 0.2) is 78.9 Å². The van der Waals surface area contributed by atoms with Gasteiger partial charge in [-0.25, -0.2) is 4.98 Å². The average Bonchev–Trinajstić information content (AvgIpc) is 3.23. The van der Waals surface area contributed by atoms with Crippen LogP contribution in [0.2, 0.25) is 0 Å². The third kappa shape index (κ3) is 5.66. The smallest absolute Gasteiger partial charge is 0.251 e. The monoisotopic (exact) mass is 455 g/mol. The van der Waals surface area contributed by atoms with Gasteiger partial charge in [-0.1, -0.05) is 56.3 Å². The summed E-state index contributed by atoms with van der Waals surface area (Å²) in [7, 11) is 0. The molecule has 3 aromatic carbocycles. The number of carbonyl (C=O) groups excluding carboxylic acids is 1. The lowest BCUT2D eigenvalue weighted by atomic mass is 10.0. The fourth-order valence-electron chi connectivity index (χ4n) is 4.10. The molecule has 0 aliphatic heterocycles. The first-order valence-electron chi connectivity index (χ1n) is 12.1. The highest BCUT2D eigenvalue weighted by Crippen LogP contribution is 2.22. The van der Waals surface area contributed by atoms with Gasteiger partial charge in [0.15, 0.2) is 0 Å². The van der Waals surface area contributed by atoms with Gasteiger partial charge in [0, 0.05) is 12.1 Å². The van der Waals surface area contributed by atoms with Crippen LogP contribution in [0.3, 0.4) is 0 Å². The molecule has 176 valence electrons. The summed E-state index contributed by atoms with van der Waals surface area (Å²) < 4.78 is 8.17. The van der Waals surface area contributed by atoms with E-state index in [1.165, 1.54) is 5.56 Å². The van der Waals surface area contributed by atoms with Crippen molar-refractivity contribution in [2.75, 3.05) is 6.61 Å². The summed E-state index contributed by atoms with van der Waals surface area (Å²) in [6, 6.07) is 25.6. The number of fused-ring (bicyclic) bond motifs is 1. The van der Waals surface area contributed by atoms with Crippen molar-refractivity contribution in [1.82, 2.24) is 14.9 Å². The molecule has 1 N–H and O–H groups in total. The van der Waals surface area contributed by atoms with Crippen LogP contribution < -0.4 is 10.1 Å². The molecule has 1 unspecified atom stereocenters. The number of amides is 1. The normalized spacial score (nSPS) is 12.1. The Labute approximate surface area is 201 Å². The van der Waals surface area contributed by atoms with E-state index in [2.05, 4.69) is 41.9 Å². The molecule has 1 atom stereocenters. The number of rotatable bonds is 10. The second-order valence-corrected chi connectivity index (χ2v) is 8.95. The van der Waals surface area contributed by atoms with E-state index in [4.69, 9.17) is 9.72 Å². The number of imidazole rings is 1. The zero-order chi connectivity index (χ0) is 23.9. The van der Waals surface area contributed by atoms with Crippen molar-refractivity contribution in [1.29, 1.82) is 0 Å². The first kappa shape index (κ1) is 23.6. The molecule has 5 nitrogen and oxygen atoms in total. The molecule has 4 rings (SSSR count). The Morgan fingerprint density at radius 1 is 0.912 bits per heavy atom. The lowest BCUT2D eigenvalue weighted by molar-refractivity contribution is 0.0937. The summed E-state index contributed by atoms with van der Waals surface area (Å²) in [5.41, 5.74) is 4.00. The van der Waals surface area contributed by atoms with Gasteiger partial charge < -0.3 is 14.6 Å². The molecule has 34 heavy (non-hydrogen) atoms. The van der Waals surface area contributed by atoms with Gasteiger partial charge in [-0.3, -0.25) is 4.79 Å². The van der Waals surface area contributed by atoms with Crippen molar-refractivity contribution in [2.45, 2.75) is 52.1 Å². The molecule has 1 heterocycles. The maximum Gasteiger partial charge on any atom is 0.251 e. The van der Waals surface area contributed by atoms with Crippen LogP contribution in [0, 0.1) is 0 Å². The lowest BCUT2D eigenvalue weighted by Crippen LogP contribution is -2.28. The molecular weight excluding hydrogens is 422 g/mol. The Kier molecular flexibility index (Phi) is 7.63. The number of nitrogens with one attached hydrogen (secondary N) is 1. The van der Waals surface area contributed by atoms with E-state index in [0.29, 0.717) is 18.1 Å². The van der Waals surface area contributed by atoms with Crippen LogP contribution in [-0.2, 0) is 6.54 Å². The highest BCUT2D eigenvalue weighted by molar-refractivity contribution is 5.94. The second-order valence-electron chi connectivity index (χ2n) is 8.95. The van der Waals surface area contributed by atoms with E-state index in [-0.39, 0.29) is 11.9 Å². The Morgan fingerprint density at radius 3 is 2.35 bits per heavy atom. The van der Waals surface area contributed by atoms with Gasteiger partial charge in [-0.2, -0.15) is 0 Å². The number of para-hydroxylation sites is 2. The first-order valence-corrected chi connectivity index (χ1v) is 12.1. The van der Waals surface area contributed by atoms with E-state index >= 15 is 0 Å². The predicted octanol–water partition coefficient (Wildman–Crippen LogP) is 6.51. The van der Waals surface area contributed by atoms with Gasteiger partial charge in [0.25, 0.3) is 5.91 Å². The van der Waals surface area contributed by atoms with E-state index in [9.17, 15) is 4.79 Å². The fraction of sp³-hybridized carbons (Fsp3) is 0.310. The van der Waals surface area contributed by atoms with Crippen LogP contribution in [0.1, 0.15) is 67.3 Å².